The molecule has 3 heteroatoms. The topological polar surface area (TPSA) is 53.2 Å². The van der Waals surface area contributed by atoms with Gasteiger partial charge >= 0.3 is 0 Å². The number of nitriles is 1. The molecule has 2 aromatic rings. The third-order valence-corrected chi connectivity index (χ3v) is 3.47. The quantitative estimate of drug-likeness (QED) is 0.903. The summed E-state index contributed by atoms with van der Waals surface area (Å²) in [6.07, 6.45) is 0.0892. The minimum atomic E-state index is -0.541. The smallest absolute Gasteiger partial charge is 0.133 e. The van der Waals surface area contributed by atoms with Gasteiger partial charge in [-0.25, -0.2) is 0 Å². The molecule has 0 saturated heterocycles. The fourth-order valence-corrected chi connectivity index (χ4v) is 2.35. The van der Waals surface area contributed by atoms with E-state index in [9.17, 15) is 5.11 Å². The van der Waals surface area contributed by atoms with Crippen LogP contribution in [0.25, 0.3) is 0 Å². The number of rotatable bonds is 4. The first-order chi connectivity index (χ1) is 10.1. The van der Waals surface area contributed by atoms with Crippen LogP contribution in [-0.4, -0.2) is 5.11 Å². The van der Waals surface area contributed by atoms with Gasteiger partial charge in [0.15, 0.2) is 0 Å². The van der Waals surface area contributed by atoms with Crippen LogP contribution >= 0.6 is 0 Å². The largest absolute Gasteiger partial charge is 0.456 e. The molecule has 0 heterocycles. The Morgan fingerprint density at radius 2 is 1.81 bits per heavy atom. The van der Waals surface area contributed by atoms with Gasteiger partial charge < -0.3 is 9.84 Å². The fourth-order valence-electron chi connectivity index (χ4n) is 2.35. The molecule has 3 nitrogen and oxygen atoms in total. The first kappa shape index (κ1) is 15.1. The van der Waals surface area contributed by atoms with Crippen molar-refractivity contribution >= 4 is 0 Å². The van der Waals surface area contributed by atoms with Gasteiger partial charge in [-0.1, -0.05) is 25.1 Å². The maximum absolute atomic E-state index is 10.1. The second kappa shape index (κ2) is 6.43. The number of nitrogens with zero attached hydrogens (tertiary/aromatic N) is 1. The van der Waals surface area contributed by atoms with E-state index in [1.165, 1.54) is 0 Å². The second-order valence-electron chi connectivity index (χ2n) is 5.11. The molecule has 0 unspecified atom stereocenters. The lowest BCUT2D eigenvalue weighted by Gasteiger charge is -2.17. The van der Waals surface area contributed by atoms with Crippen LogP contribution in [0.3, 0.4) is 0 Å². The van der Waals surface area contributed by atoms with E-state index in [1.54, 1.807) is 12.1 Å². The number of aryl methyl sites for hydroxylation is 2. The molecule has 0 aliphatic heterocycles. The average molecular weight is 281 g/mol. The van der Waals surface area contributed by atoms with Crippen LogP contribution in [0, 0.1) is 25.2 Å². The summed E-state index contributed by atoms with van der Waals surface area (Å²) in [7, 11) is 0. The van der Waals surface area contributed by atoms with E-state index in [2.05, 4.69) is 6.07 Å². The molecule has 0 aromatic heterocycles. The number of ether oxygens (including phenoxy) is 1. The summed E-state index contributed by atoms with van der Waals surface area (Å²) in [6.45, 7) is 5.77. The number of hydrogen-bond acceptors (Lipinski definition) is 3. The Hall–Kier alpha value is -2.31. The molecule has 108 valence electrons. The van der Waals surface area contributed by atoms with Crippen LogP contribution in [-0.2, 0) is 0 Å². The highest BCUT2D eigenvalue weighted by atomic mass is 16.5. The summed E-state index contributed by atoms with van der Waals surface area (Å²) in [5.74, 6) is 1.40. The number of aliphatic hydroxyl groups is 1. The van der Waals surface area contributed by atoms with Crippen molar-refractivity contribution in [1.29, 1.82) is 5.26 Å². The molecule has 1 atom stereocenters. The van der Waals surface area contributed by atoms with Crippen LogP contribution in [0.1, 0.15) is 41.7 Å². The molecule has 0 saturated carbocycles. The molecule has 21 heavy (non-hydrogen) atoms. The van der Waals surface area contributed by atoms with E-state index in [-0.39, 0.29) is 0 Å². The third-order valence-electron chi connectivity index (χ3n) is 3.47. The van der Waals surface area contributed by atoms with Crippen LogP contribution in [0.5, 0.6) is 11.5 Å². The lowest BCUT2D eigenvalue weighted by atomic mass is 10.0. The molecule has 0 fully saturated rings. The Labute approximate surface area is 125 Å². The number of para-hydroxylation sites is 1. The van der Waals surface area contributed by atoms with Crippen LogP contribution in [0.2, 0.25) is 0 Å². The number of benzene rings is 2. The van der Waals surface area contributed by atoms with E-state index >= 15 is 0 Å². The van der Waals surface area contributed by atoms with Crippen molar-refractivity contribution in [3.8, 4) is 17.6 Å². The van der Waals surface area contributed by atoms with Crippen molar-refractivity contribution in [2.75, 3.05) is 0 Å². The second-order valence-corrected chi connectivity index (χ2v) is 5.11. The lowest BCUT2D eigenvalue weighted by Crippen LogP contribution is -2.00. The Kier molecular flexibility index (Phi) is 4.62. The molecule has 1 N–H and O–H groups in total. The van der Waals surface area contributed by atoms with E-state index in [0.29, 0.717) is 17.7 Å². The highest BCUT2D eigenvalue weighted by molar-refractivity contribution is 5.50. The van der Waals surface area contributed by atoms with Gasteiger partial charge in [0.1, 0.15) is 11.5 Å². The zero-order chi connectivity index (χ0) is 15.4. The molecule has 2 aromatic carbocycles. The first-order valence-electron chi connectivity index (χ1n) is 7.03. The molecule has 0 aliphatic rings. The number of hydrogen-bond donors (Lipinski definition) is 1. The van der Waals surface area contributed by atoms with Crippen molar-refractivity contribution in [1.82, 2.24) is 0 Å². The van der Waals surface area contributed by atoms with Crippen LogP contribution in [0.15, 0.2) is 36.4 Å². The van der Waals surface area contributed by atoms with Crippen molar-refractivity contribution in [2.45, 2.75) is 33.3 Å². The molecule has 0 aliphatic carbocycles. The van der Waals surface area contributed by atoms with E-state index in [4.69, 9.17) is 10.00 Å². The minimum absolute atomic E-state index is 0.541. The highest BCUT2D eigenvalue weighted by Gasteiger charge is 2.14. The summed E-state index contributed by atoms with van der Waals surface area (Å²) < 4.78 is 6.02. The zero-order valence-electron chi connectivity index (χ0n) is 12.6. The third kappa shape index (κ3) is 3.24. The van der Waals surface area contributed by atoms with E-state index < -0.39 is 6.10 Å². The molecule has 0 radical (unpaired) electrons. The summed E-state index contributed by atoms with van der Waals surface area (Å²) in [5, 5.41) is 19.1. The maximum atomic E-state index is 10.1. The standard InChI is InChI=1S/C18H19NO2/c1-4-16(20)15-7-5-6-8-17(15)21-18-12(2)9-14(11-19)10-13(18)3/h5-10,16,20H,4H2,1-3H3/t16-/m0/s1. The normalized spacial score (nSPS) is 11.8. The van der Waals surface area contributed by atoms with Crippen molar-refractivity contribution in [3.63, 3.8) is 0 Å². The molecular formula is C18H19NO2. The molecule has 0 spiro atoms. The molecule has 0 bridgehead atoms. The molecule has 2 rings (SSSR count). The predicted octanol–water partition coefficient (Wildman–Crippen LogP) is 4.41. The van der Waals surface area contributed by atoms with Gasteiger partial charge in [0.25, 0.3) is 0 Å². The molecular weight excluding hydrogens is 262 g/mol. The van der Waals surface area contributed by atoms with Gasteiger partial charge in [0, 0.05) is 5.56 Å². The first-order valence-corrected chi connectivity index (χ1v) is 7.03. The van der Waals surface area contributed by atoms with Crippen molar-refractivity contribution in [3.05, 3.63) is 58.7 Å². The number of aliphatic hydroxyl groups excluding tert-OH is 1. The van der Waals surface area contributed by atoms with Crippen LogP contribution < -0.4 is 4.74 Å². The highest BCUT2D eigenvalue weighted by Crippen LogP contribution is 2.34. The fraction of sp³-hybridized carbons (Fsp3) is 0.278. The zero-order valence-corrected chi connectivity index (χ0v) is 12.6. The Balaban J connectivity index is 2.42. The van der Waals surface area contributed by atoms with Gasteiger partial charge in [-0.05, 0) is 49.6 Å². The van der Waals surface area contributed by atoms with E-state index in [0.717, 1.165) is 22.4 Å². The molecule has 0 amide bonds. The average Bonchev–Trinajstić information content (AvgIpc) is 2.50. The van der Waals surface area contributed by atoms with Gasteiger partial charge in [-0.15, -0.1) is 0 Å². The summed E-state index contributed by atoms with van der Waals surface area (Å²) >= 11 is 0. The van der Waals surface area contributed by atoms with Crippen molar-refractivity contribution < 1.29 is 9.84 Å². The SMILES string of the molecule is CC[C@H](O)c1ccccc1Oc1c(C)cc(C#N)cc1C. The lowest BCUT2D eigenvalue weighted by molar-refractivity contribution is 0.170. The summed E-state index contributed by atoms with van der Waals surface area (Å²) in [5.41, 5.74) is 3.22. The van der Waals surface area contributed by atoms with Gasteiger partial charge in [0.05, 0.1) is 17.7 Å². The Bertz CT molecular complexity index is 663. The van der Waals surface area contributed by atoms with E-state index in [1.807, 2.05) is 45.0 Å². The Morgan fingerprint density at radius 1 is 1.19 bits per heavy atom. The van der Waals surface area contributed by atoms with Crippen LogP contribution in [0.4, 0.5) is 0 Å². The summed E-state index contributed by atoms with van der Waals surface area (Å²) in [6, 6.07) is 13.3. The van der Waals surface area contributed by atoms with Gasteiger partial charge in [0.2, 0.25) is 0 Å². The predicted molar refractivity (Wildman–Crippen MR) is 82.4 cm³/mol. The maximum Gasteiger partial charge on any atom is 0.133 e. The minimum Gasteiger partial charge on any atom is -0.456 e. The summed E-state index contributed by atoms with van der Waals surface area (Å²) in [4.78, 5) is 0. The monoisotopic (exact) mass is 281 g/mol. The van der Waals surface area contributed by atoms with Gasteiger partial charge in [-0.3, -0.25) is 0 Å². The van der Waals surface area contributed by atoms with Gasteiger partial charge in [-0.2, -0.15) is 5.26 Å². The Morgan fingerprint density at radius 3 is 2.38 bits per heavy atom. The van der Waals surface area contributed by atoms with Crippen molar-refractivity contribution in [2.24, 2.45) is 0 Å².